The minimum Gasteiger partial charge on any atom is -0.462 e. The number of hydrogen-bond donors (Lipinski definition) is 0. The molecule has 0 N–H and O–H groups in total. The number of rotatable bonds is 4. The van der Waals surface area contributed by atoms with Crippen LogP contribution in [0.3, 0.4) is 0 Å². The largest absolute Gasteiger partial charge is 0.462 e. The summed E-state index contributed by atoms with van der Waals surface area (Å²) in [6.07, 6.45) is 2.80. The van der Waals surface area contributed by atoms with Crippen LogP contribution in [-0.4, -0.2) is 31.7 Å². The normalized spacial score (nSPS) is 11.8. The third kappa shape index (κ3) is 2.82. The van der Waals surface area contributed by atoms with E-state index in [0.717, 1.165) is 6.26 Å². The first kappa shape index (κ1) is 16.3. The highest BCUT2D eigenvalue weighted by Gasteiger charge is 2.21. The van der Waals surface area contributed by atoms with Gasteiger partial charge >= 0.3 is 16.1 Å². The molecule has 126 valence electrons. The van der Waals surface area contributed by atoms with Crippen molar-refractivity contribution < 1.29 is 22.1 Å². The Morgan fingerprint density at radius 3 is 2.62 bits per heavy atom. The van der Waals surface area contributed by atoms with E-state index in [1.165, 1.54) is 0 Å². The number of carbonyl (C=O) groups excluding carboxylic acids is 1. The second-order valence-corrected chi connectivity index (χ2v) is 7.05. The summed E-state index contributed by atoms with van der Waals surface area (Å²) in [7, 11) is -3.64. The molecular weight excluding hydrogens is 330 g/mol. The van der Waals surface area contributed by atoms with Crippen LogP contribution in [0.15, 0.2) is 36.5 Å². The first-order valence-corrected chi connectivity index (χ1v) is 9.23. The van der Waals surface area contributed by atoms with E-state index < -0.39 is 16.1 Å². The van der Waals surface area contributed by atoms with Gasteiger partial charge in [-0.25, -0.2) is 4.79 Å². The molecule has 0 aliphatic carbocycles. The summed E-state index contributed by atoms with van der Waals surface area (Å²) >= 11 is 0. The summed E-state index contributed by atoms with van der Waals surface area (Å²) in [5, 5.41) is 0.693. The lowest BCUT2D eigenvalue weighted by atomic mass is 10.1. The van der Waals surface area contributed by atoms with Crippen molar-refractivity contribution in [1.82, 2.24) is 4.40 Å². The molecule has 0 radical (unpaired) electrons. The van der Waals surface area contributed by atoms with Gasteiger partial charge in [0.1, 0.15) is 5.75 Å². The number of aromatic nitrogens is 1. The molecular formula is C17H17NO5S. The van der Waals surface area contributed by atoms with Crippen LogP contribution in [0.5, 0.6) is 5.75 Å². The summed E-state index contributed by atoms with van der Waals surface area (Å²) in [5.41, 5.74) is 2.45. The molecule has 0 fully saturated rings. The summed E-state index contributed by atoms with van der Waals surface area (Å²) in [4.78, 5) is 12.4. The van der Waals surface area contributed by atoms with Gasteiger partial charge in [0, 0.05) is 17.6 Å². The number of ether oxygens (including phenoxy) is 1. The van der Waals surface area contributed by atoms with Crippen LogP contribution in [0.1, 0.15) is 22.8 Å². The molecule has 0 aliphatic heterocycles. The van der Waals surface area contributed by atoms with Crippen LogP contribution in [0.2, 0.25) is 0 Å². The molecule has 3 rings (SSSR count). The second-order valence-electron chi connectivity index (χ2n) is 5.47. The van der Waals surface area contributed by atoms with Crippen LogP contribution in [0, 0.1) is 6.92 Å². The zero-order valence-electron chi connectivity index (χ0n) is 13.6. The molecule has 0 atom stereocenters. The van der Waals surface area contributed by atoms with Crippen LogP contribution in [0.25, 0.3) is 16.4 Å². The Morgan fingerprint density at radius 2 is 1.96 bits per heavy atom. The molecule has 24 heavy (non-hydrogen) atoms. The highest BCUT2D eigenvalue weighted by molar-refractivity contribution is 7.86. The van der Waals surface area contributed by atoms with E-state index in [1.54, 1.807) is 32.2 Å². The second kappa shape index (κ2) is 5.83. The van der Waals surface area contributed by atoms with Crippen LogP contribution in [-0.2, 0) is 14.9 Å². The van der Waals surface area contributed by atoms with E-state index in [0.29, 0.717) is 27.5 Å². The zero-order chi connectivity index (χ0) is 17.5. The maximum absolute atomic E-state index is 12.4. The van der Waals surface area contributed by atoms with Gasteiger partial charge in [0.05, 0.1) is 29.5 Å². The van der Waals surface area contributed by atoms with Crippen LogP contribution >= 0.6 is 0 Å². The van der Waals surface area contributed by atoms with Gasteiger partial charge in [-0.3, -0.25) is 0 Å². The number of aryl methyl sites for hydroxylation is 1. The number of esters is 1. The first-order chi connectivity index (χ1) is 11.3. The van der Waals surface area contributed by atoms with E-state index in [-0.39, 0.29) is 12.4 Å². The highest BCUT2D eigenvalue weighted by Crippen LogP contribution is 2.33. The fourth-order valence-corrected chi connectivity index (χ4v) is 3.25. The number of nitrogens with zero attached hydrogens (tertiary/aromatic N) is 1. The lowest BCUT2D eigenvalue weighted by Gasteiger charge is -2.07. The van der Waals surface area contributed by atoms with E-state index in [1.807, 2.05) is 22.6 Å². The van der Waals surface area contributed by atoms with Gasteiger partial charge in [0.15, 0.2) is 0 Å². The first-order valence-electron chi connectivity index (χ1n) is 7.42. The standard InChI is InChI=1S/C17H17NO5S/c1-4-22-17(19)16-12-9-11(2)15(23-24(3,20)21)10-14(12)18-8-6-5-7-13(16)18/h5-10H,4H2,1-3H3. The predicted molar refractivity (Wildman–Crippen MR) is 91.1 cm³/mol. The Balaban J connectivity index is 2.35. The Kier molecular flexibility index (Phi) is 3.96. The van der Waals surface area contributed by atoms with Gasteiger partial charge in [-0.15, -0.1) is 0 Å². The van der Waals surface area contributed by atoms with Crippen molar-refractivity contribution in [3.05, 3.63) is 47.7 Å². The quantitative estimate of drug-likeness (QED) is 0.536. The van der Waals surface area contributed by atoms with E-state index in [4.69, 9.17) is 8.92 Å². The molecule has 0 amide bonds. The number of pyridine rings is 1. The van der Waals surface area contributed by atoms with Crippen LogP contribution < -0.4 is 4.18 Å². The van der Waals surface area contributed by atoms with Gasteiger partial charge in [0.25, 0.3) is 0 Å². The van der Waals surface area contributed by atoms with Gasteiger partial charge in [-0.1, -0.05) is 6.07 Å². The molecule has 0 saturated carbocycles. The molecule has 3 aromatic rings. The van der Waals surface area contributed by atoms with Crippen molar-refractivity contribution in [1.29, 1.82) is 0 Å². The molecule has 7 heteroatoms. The fourth-order valence-electron chi connectivity index (χ4n) is 2.74. The monoisotopic (exact) mass is 347 g/mol. The molecule has 2 aromatic heterocycles. The topological polar surface area (TPSA) is 74.1 Å². The third-order valence-electron chi connectivity index (χ3n) is 3.66. The van der Waals surface area contributed by atoms with Crippen LogP contribution in [0.4, 0.5) is 0 Å². The average Bonchev–Trinajstić information content (AvgIpc) is 2.80. The molecule has 6 nitrogen and oxygen atoms in total. The number of fused-ring (bicyclic) bond motifs is 3. The van der Waals surface area contributed by atoms with Crippen molar-refractivity contribution >= 4 is 32.5 Å². The Labute approximate surface area is 139 Å². The maximum atomic E-state index is 12.4. The van der Waals surface area contributed by atoms with Gasteiger partial charge in [0.2, 0.25) is 0 Å². The lowest BCUT2D eigenvalue weighted by molar-refractivity contribution is 0.0531. The summed E-state index contributed by atoms with van der Waals surface area (Å²) < 4.78 is 34.9. The molecule has 0 bridgehead atoms. The highest BCUT2D eigenvalue weighted by atomic mass is 32.2. The number of hydrogen-bond acceptors (Lipinski definition) is 5. The van der Waals surface area contributed by atoms with E-state index >= 15 is 0 Å². The van der Waals surface area contributed by atoms with Gasteiger partial charge in [-0.05, 0) is 37.6 Å². The van der Waals surface area contributed by atoms with Crippen molar-refractivity contribution in [3.63, 3.8) is 0 Å². The van der Waals surface area contributed by atoms with Crippen molar-refractivity contribution in [2.24, 2.45) is 0 Å². The molecule has 0 unspecified atom stereocenters. The maximum Gasteiger partial charge on any atom is 0.340 e. The predicted octanol–water partition coefficient (Wildman–Crippen LogP) is 2.92. The fraction of sp³-hybridized carbons (Fsp3) is 0.235. The third-order valence-corrected chi connectivity index (χ3v) is 4.14. The summed E-state index contributed by atoms with van der Waals surface area (Å²) in [5.74, 6) is -0.170. The molecule has 0 spiro atoms. The van der Waals surface area contributed by atoms with E-state index in [2.05, 4.69) is 0 Å². The minimum atomic E-state index is -3.64. The molecule has 1 aromatic carbocycles. The zero-order valence-corrected chi connectivity index (χ0v) is 14.4. The van der Waals surface area contributed by atoms with Gasteiger partial charge in [-0.2, -0.15) is 8.42 Å². The summed E-state index contributed by atoms with van der Waals surface area (Å²) in [6.45, 7) is 3.76. The smallest absolute Gasteiger partial charge is 0.340 e. The lowest BCUT2D eigenvalue weighted by Crippen LogP contribution is -2.07. The molecule has 0 saturated heterocycles. The minimum absolute atomic E-state index is 0.240. The number of carbonyl (C=O) groups is 1. The van der Waals surface area contributed by atoms with Crippen molar-refractivity contribution in [2.75, 3.05) is 12.9 Å². The Hall–Kier alpha value is -2.54. The summed E-state index contributed by atoms with van der Waals surface area (Å²) in [6, 6.07) is 8.85. The average molecular weight is 347 g/mol. The van der Waals surface area contributed by atoms with Crippen molar-refractivity contribution in [2.45, 2.75) is 13.8 Å². The SMILES string of the molecule is CCOC(=O)c1c2cc(C)c(OS(C)(=O)=O)cc2n2ccccc12. The molecule has 2 heterocycles. The van der Waals surface area contributed by atoms with Crippen molar-refractivity contribution in [3.8, 4) is 5.75 Å². The Bertz CT molecular complexity index is 1050. The van der Waals surface area contributed by atoms with Gasteiger partial charge < -0.3 is 13.3 Å². The molecule has 0 aliphatic rings. The van der Waals surface area contributed by atoms with E-state index in [9.17, 15) is 13.2 Å². The Morgan fingerprint density at radius 1 is 1.21 bits per heavy atom. The number of benzene rings is 1.